The van der Waals surface area contributed by atoms with Gasteiger partial charge in [-0.15, -0.1) is 0 Å². The van der Waals surface area contributed by atoms with Crippen molar-refractivity contribution >= 4 is 35.8 Å². The van der Waals surface area contributed by atoms with E-state index in [4.69, 9.17) is 10.7 Å². The highest BCUT2D eigenvalue weighted by molar-refractivity contribution is 5.87. The molecule has 0 rings (SSSR count). The van der Waals surface area contributed by atoms with Crippen molar-refractivity contribution in [2.75, 3.05) is 39.9 Å². The summed E-state index contributed by atoms with van der Waals surface area (Å²) in [6, 6.07) is -0.739. The van der Waals surface area contributed by atoms with Gasteiger partial charge in [-0.1, -0.05) is 31.8 Å². The SMILES string of the molecule is CCCCC(=O)NCCCCON.CCCCC(=O)NCCCCON=CCNC(=O)CC[C@H](NC(C)=O)C(=O)NC. The Morgan fingerprint density at radius 2 is 1.33 bits per heavy atom. The third-order valence-corrected chi connectivity index (χ3v) is 5.65. The summed E-state index contributed by atoms with van der Waals surface area (Å²) in [5.41, 5.74) is 0. The smallest absolute Gasteiger partial charge is 0.242 e. The Morgan fingerprint density at radius 3 is 1.83 bits per heavy atom. The van der Waals surface area contributed by atoms with Crippen LogP contribution in [0.25, 0.3) is 0 Å². The maximum absolute atomic E-state index is 11.8. The molecule has 14 nitrogen and oxygen atoms in total. The Hall–Kier alpha value is -3.26. The standard InChI is InChI=1S/C19H35N5O5.C9H20N2O2/c1-4-5-8-17(26)21-11-6-7-14-29-23-13-12-22-18(27)10-9-16(19(28)20-3)24-15(2)25;1-2-3-6-9(12)11-7-4-5-8-13-10/h13,16H,4-12,14H2,1-3H3,(H,20,28)(H,21,26)(H,22,27)(H,24,25);2-8,10H2,1H3,(H,11,12)/t16-;/m0./s1. The Morgan fingerprint density at radius 1 is 0.786 bits per heavy atom. The fourth-order valence-corrected chi connectivity index (χ4v) is 3.26. The van der Waals surface area contributed by atoms with Crippen LogP contribution in [0, 0.1) is 0 Å². The van der Waals surface area contributed by atoms with Gasteiger partial charge >= 0.3 is 0 Å². The number of rotatable bonds is 24. The van der Waals surface area contributed by atoms with Crippen LogP contribution in [0.2, 0.25) is 0 Å². The van der Waals surface area contributed by atoms with Gasteiger partial charge in [0.05, 0.1) is 19.4 Å². The first-order chi connectivity index (χ1) is 20.2. The lowest BCUT2D eigenvalue weighted by molar-refractivity contribution is -0.128. The van der Waals surface area contributed by atoms with Crippen LogP contribution in [0.5, 0.6) is 0 Å². The summed E-state index contributed by atoms with van der Waals surface area (Å²) in [7, 11) is 1.47. The highest BCUT2D eigenvalue weighted by Gasteiger charge is 2.19. The van der Waals surface area contributed by atoms with Crippen molar-refractivity contribution in [1.29, 1.82) is 0 Å². The summed E-state index contributed by atoms with van der Waals surface area (Å²) < 4.78 is 0. The second-order valence-electron chi connectivity index (χ2n) is 9.52. The lowest BCUT2D eigenvalue weighted by Gasteiger charge is -2.15. The molecule has 0 unspecified atom stereocenters. The van der Waals surface area contributed by atoms with Crippen molar-refractivity contribution in [2.45, 2.75) is 104 Å². The number of unbranched alkanes of at least 4 members (excludes halogenated alkanes) is 4. The Kier molecular flexibility index (Phi) is 29.9. The number of nitrogens with zero attached hydrogens (tertiary/aromatic N) is 1. The van der Waals surface area contributed by atoms with Crippen molar-refractivity contribution in [3.05, 3.63) is 0 Å². The molecule has 0 radical (unpaired) electrons. The van der Waals surface area contributed by atoms with Crippen LogP contribution in [0.4, 0.5) is 0 Å². The van der Waals surface area contributed by atoms with Crippen molar-refractivity contribution in [1.82, 2.24) is 26.6 Å². The lowest BCUT2D eigenvalue weighted by Crippen LogP contribution is -2.45. The summed E-state index contributed by atoms with van der Waals surface area (Å²) in [6.07, 6.45) is 10.3. The second-order valence-corrected chi connectivity index (χ2v) is 9.52. The summed E-state index contributed by atoms with van der Waals surface area (Å²) in [6.45, 7) is 7.99. The van der Waals surface area contributed by atoms with Crippen molar-refractivity contribution in [2.24, 2.45) is 11.1 Å². The molecule has 42 heavy (non-hydrogen) atoms. The number of likely N-dealkylation sites (N-methyl/N-ethyl adjacent to an activating group) is 1. The van der Waals surface area contributed by atoms with E-state index < -0.39 is 6.04 Å². The molecule has 0 fully saturated rings. The van der Waals surface area contributed by atoms with Gasteiger partial charge in [0.2, 0.25) is 29.5 Å². The van der Waals surface area contributed by atoms with E-state index in [9.17, 15) is 24.0 Å². The molecule has 0 aromatic carbocycles. The van der Waals surface area contributed by atoms with Gasteiger partial charge in [-0.2, -0.15) is 0 Å². The largest absolute Gasteiger partial charge is 0.396 e. The second kappa shape index (κ2) is 30.7. The Bertz CT molecular complexity index is 767. The minimum atomic E-state index is -0.739. The maximum atomic E-state index is 11.8. The van der Waals surface area contributed by atoms with E-state index in [1.54, 1.807) is 0 Å². The van der Waals surface area contributed by atoms with E-state index in [1.807, 2.05) is 6.92 Å². The van der Waals surface area contributed by atoms with Crippen LogP contribution in [0.3, 0.4) is 0 Å². The number of hydrogen-bond acceptors (Lipinski definition) is 9. The fourth-order valence-electron chi connectivity index (χ4n) is 3.26. The van der Waals surface area contributed by atoms with Gasteiger partial charge < -0.3 is 36.3 Å². The van der Waals surface area contributed by atoms with Crippen LogP contribution in [-0.2, 0) is 33.6 Å². The zero-order chi connectivity index (χ0) is 31.8. The fraction of sp³-hybridized carbons (Fsp3) is 0.786. The molecule has 0 aliphatic heterocycles. The number of amides is 5. The summed E-state index contributed by atoms with van der Waals surface area (Å²) in [5.74, 6) is 4.15. The van der Waals surface area contributed by atoms with E-state index in [-0.39, 0.29) is 48.9 Å². The molecular formula is C28H55N7O7. The first-order valence-corrected chi connectivity index (χ1v) is 15.0. The Labute approximate surface area is 251 Å². The maximum Gasteiger partial charge on any atom is 0.242 e. The number of nitrogens with one attached hydrogen (secondary N) is 5. The van der Waals surface area contributed by atoms with Crippen LogP contribution in [0.1, 0.15) is 97.8 Å². The molecule has 0 saturated carbocycles. The Balaban J connectivity index is 0. The topological polar surface area (TPSA) is 202 Å². The molecule has 0 aliphatic carbocycles. The average molecular weight is 602 g/mol. The molecule has 7 N–H and O–H groups in total. The summed E-state index contributed by atoms with van der Waals surface area (Å²) in [5, 5.41) is 17.0. The molecule has 1 atom stereocenters. The summed E-state index contributed by atoms with van der Waals surface area (Å²) >= 11 is 0. The van der Waals surface area contributed by atoms with Gasteiger partial charge in [0.25, 0.3) is 0 Å². The molecule has 0 saturated heterocycles. The molecule has 0 heterocycles. The summed E-state index contributed by atoms with van der Waals surface area (Å²) in [4.78, 5) is 66.5. The molecular weight excluding hydrogens is 546 g/mol. The zero-order valence-corrected chi connectivity index (χ0v) is 26.1. The number of carbonyl (C=O) groups is 5. The highest BCUT2D eigenvalue weighted by atomic mass is 16.6. The first-order valence-electron chi connectivity index (χ1n) is 15.0. The molecule has 0 aromatic heterocycles. The van der Waals surface area contributed by atoms with Gasteiger partial charge in [-0.3, -0.25) is 24.0 Å². The van der Waals surface area contributed by atoms with Crippen LogP contribution < -0.4 is 32.5 Å². The zero-order valence-electron chi connectivity index (χ0n) is 26.1. The van der Waals surface area contributed by atoms with Crippen molar-refractivity contribution in [3.63, 3.8) is 0 Å². The quantitative estimate of drug-likeness (QED) is 0.0537. The molecule has 0 spiro atoms. The van der Waals surface area contributed by atoms with Gasteiger partial charge in [-0.05, 0) is 44.9 Å². The van der Waals surface area contributed by atoms with Crippen molar-refractivity contribution in [3.8, 4) is 0 Å². The van der Waals surface area contributed by atoms with Gasteiger partial charge in [-0.25, -0.2) is 5.90 Å². The van der Waals surface area contributed by atoms with E-state index in [2.05, 4.69) is 43.5 Å². The molecule has 0 aromatic rings. The number of oxime groups is 1. The van der Waals surface area contributed by atoms with E-state index in [0.29, 0.717) is 32.6 Å². The first kappa shape index (κ1) is 40.9. The molecule has 5 amide bonds. The molecule has 0 aliphatic rings. The average Bonchev–Trinajstić information content (AvgIpc) is 2.97. The molecule has 0 bridgehead atoms. The monoisotopic (exact) mass is 601 g/mol. The number of nitrogens with two attached hydrogens (primary N) is 1. The number of carbonyl (C=O) groups excluding carboxylic acids is 5. The minimum absolute atomic E-state index is 0.0836. The van der Waals surface area contributed by atoms with E-state index >= 15 is 0 Å². The van der Waals surface area contributed by atoms with E-state index in [0.717, 1.165) is 57.9 Å². The van der Waals surface area contributed by atoms with Gasteiger partial charge in [0.1, 0.15) is 12.6 Å². The predicted octanol–water partition coefficient (Wildman–Crippen LogP) is 1.19. The van der Waals surface area contributed by atoms with Crippen LogP contribution >= 0.6 is 0 Å². The highest BCUT2D eigenvalue weighted by Crippen LogP contribution is 1.98. The normalized spacial score (nSPS) is 11.1. The predicted molar refractivity (Wildman–Crippen MR) is 162 cm³/mol. The van der Waals surface area contributed by atoms with E-state index in [1.165, 1.54) is 20.2 Å². The van der Waals surface area contributed by atoms with Gasteiger partial charge in [0, 0.05) is 46.3 Å². The van der Waals surface area contributed by atoms with Crippen LogP contribution in [-0.4, -0.2) is 81.7 Å². The van der Waals surface area contributed by atoms with Crippen LogP contribution in [0.15, 0.2) is 5.16 Å². The van der Waals surface area contributed by atoms with Gasteiger partial charge in [0.15, 0.2) is 0 Å². The third-order valence-electron chi connectivity index (χ3n) is 5.65. The molecule has 244 valence electrons. The van der Waals surface area contributed by atoms with Crippen molar-refractivity contribution < 1.29 is 33.6 Å². The minimum Gasteiger partial charge on any atom is -0.396 e. The number of hydrogen-bond donors (Lipinski definition) is 6. The lowest BCUT2D eigenvalue weighted by atomic mass is 10.1. The molecule has 14 heteroatoms. The third kappa shape index (κ3) is 29.7.